The van der Waals surface area contributed by atoms with E-state index in [9.17, 15) is 14.9 Å². The molecule has 6 heteroatoms. The van der Waals surface area contributed by atoms with E-state index in [2.05, 4.69) is 5.32 Å². The van der Waals surface area contributed by atoms with Crippen molar-refractivity contribution in [3.05, 3.63) is 64.2 Å². The number of carbonyl (C=O) groups is 1. The molecule has 0 saturated heterocycles. The maximum absolute atomic E-state index is 12.1. The molecule has 22 heavy (non-hydrogen) atoms. The van der Waals surface area contributed by atoms with Crippen LogP contribution in [0.3, 0.4) is 0 Å². The van der Waals surface area contributed by atoms with Crippen LogP contribution >= 0.6 is 11.8 Å². The summed E-state index contributed by atoms with van der Waals surface area (Å²) in [5.41, 5.74) is 1.72. The highest BCUT2D eigenvalue weighted by Crippen LogP contribution is 2.24. The first-order valence-corrected chi connectivity index (χ1v) is 7.62. The Labute approximate surface area is 132 Å². The number of amides is 1. The molecule has 0 saturated carbocycles. The number of nitrogens with one attached hydrogen (secondary N) is 1. The Morgan fingerprint density at radius 1 is 1.14 bits per heavy atom. The molecule has 2 aromatic carbocycles. The second-order valence-electron chi connectivity index (χ2n) is 4.87. The molecule has 0 aliphatic carbocycles. The fourth-order valence-corrected chi connectivity index (χ4v) is 2.65. The smallest absolute Gasteiger partial charge is 0.269 e. The van der Waals surface area contributed by atoms with Crippen molar-refractivity contribution < 1.29 is 9.72 Å². The third kappa shape index (κ3) is 4.33. The molecule has 2 aromatic rings. The van der Waals surface area contributed by atoms with E-state index in [0.717, 1.165) is 4.90 Å². The second-order valence-corrected chi connectivity index (χ2v) is 6.28. The number of rotatable bonds is 5. The molecule has 0 aliphatic heterocycles. The van der Waals surface area contributed by atoms with Crippen molar-refractivity contribution in [2.24, 2.45) is 0 Å². The average molecular weight is 316 g/mol. The normalized spacial score (nSPS) is 11.7. The number of aryl methyl sites for hydroxylation is 1. The molecule has 2 rings (SSSR count). The predicted octanol–water partition coefficient (Wildman–Crippen LogP) is 4.02. The van der Waals surface area contributed by atoms with Gasteiger partial charge in [0, 0.05) is 22.7 Å². The first-order valence-electron chi connectivity index (χ1n) is 6.74. The third-order valence-electron chi connectivity index (χ3n) is 3.05. The van der Waals surface area contributed by atoms with Gasteiger partial charge >= 0.3 is 0 Å². The Morgan fingerprint density at radius 3 is 2.27 bits per heavy atom. The quantitative estimate of drug-likeness (QED) is 0.513. The first kappa shape index (κ1) is 16.0. The first-order chi connectivity index (χ1) is 10.5. The van der Waals surface area contributed by atoms with Crippen molar-refractivity contribution in [2.45, 2.75) is 24.0 Å². The molecule has 0 bridgehead atoms. The number of carbonyl (C=O) groups excluding carboxylic acids is 1. The minimum absolute atomic E-state index is 0.0000721. The van der Waals surface area contributed by atoms with Crippen LogP contribution in [0.1, 0.15) is 12.5 Å². The largest absolute Gasteiger partial charge is 0.325 e. The topological polar surface area (TPSA) is 72.2 Å². The number of nitro groups is 1. The lowest BCUT2D eigenvalue weighted by molar-refractivity contribution is -0.384. The Bertz CT molecular complexity index is 669. The van der Waals surface area contributed by atoms with Gasteiger partial charge in [0.05, 0.1) is 10.2 Å². The van der Waals surface area contributed by atoms with E-state index in [4.69, 9.17) is 0 Å². The van der Waals surface area contributed by atoms with Crippen LogP contribution in [-0.4, -0.2) is 16.1 Å². The summed E-state index contributed by atoms with van der Waals surface area (Å²) in [5, 5.41) is 13.1. The molecule has 0 spiro atoms. The number of hydrogen-bond acceptors (Lipinski definition) is 4. The number of non-ortho nitro benzene ring substituents is 1. The maximum atomic E-state index is 12.1. The Morgan fingerprint density at radius 2 is 1.73 bits per heavy atom. The van der Waals surface area contributed by atoms with Gasteiger partial charge in [-0.05, 0) is 38.1 Å². The number of nitro benzene ring substituents is 1. The lowest BCUT2D eigenvalue weighted by Crippen LogP contribution is -2.22. The van der Waals surface area contributed by atoms with E-state index in [1.165, 1.54) is 41.6 Å². The highest BCUT2D eigenvalue weighted by Gasteiger charge is 2.15. The van der Waals surface area contributed by atoms with Gasteiger partial charge in [0.25, 0.3) is 5.69 Å². The molecule has 1 amide bonds. The molecular formula is C16H16N2O3S. The molecule has 0 fully saturated rings. The van der Waals surface area contributed by atoms with Crippen molar-refractivity contribution in [1.82, 2.24) is 0 Å². The lowest BCUT2D eigenvalue weighted by atomic mass is 10.2. The van der Waals surface area contributed by atoms with Gasteiger partial charge in [-0.3, -0.25) is 14.9 Å². The third-order valence-corrected chi connectivity index (χ3v) is 4.16. The molecule has 5 nitrogen and oxygen atoms in total. The van der Waals surface area contributed by atoms with Crippen LogP contribution in [0.2, 0.25) is 0 Å². The van der Waals surface area contributed by atoms with Crippen LogP contribution in [0.15, 0.2) is 53.4 Å². The molecule has 0 aliphatic rings. The zero-order valence-electron chi connectivity index (χ0n) is 12.3. The number of hydrogen-bond donors (Lipinski definition) is 1. The van der Waals surface area contributed by atoms with Crippen LogP contribution < -0.4 is 5.32 Å². The minimum Gasteiger partial charge on any atom is -0.325 e. The summed E-state index contributed by atoms with van der Waals surface area (Å²) in [5.74, 6) is -0.139. The Hall–Kier alpha value is -2.34. The summed E-state index contributed by atoms with van der Waals surface area (Å²) in [6.07, 6.45) is 0. The fraction of sp³-hybridized carbons (Fsp3) is 0.188. The van der Waals surface area contributed by atoms with E-state index in [-0.39, 0.29) is 16.8 Å². The van der Waals surface area contributed by atoms with E-state index in [1.807, 2.05) is 38.1 Å². The SMILES string of the molecule is Cc1ccc(S[C@H](C)C(=O)Nc2ccc([N+](=O)[O-])cc2)cc1. The highest BCUT2D eigenvalue weighted by molar-refractivity contribution is 8.00. The average Bonchev–Trinajstić information content (AvgIpc) is 2.50. The zero-order chi connectivity index (χ0) is 16.1. The number of benzene rings is 2. The maximum Gasteiger partial charge on any atom is 0.269 e. The summed E-state index contributed by atoms with van der Waals surface area (Å²) in [4.78, 5) is 23.3. The van der Waals surface area contributed by atoms with Gasteiger partial charge in [-0.2, -0.15) is 0 Å². The number of thioether (sulfide) groups is 1. The summed E-state index contributed by atoms with van der Waals surface area (Å²) >= 11 is 1.47. The Kier molecular flexibility index (Phi) is 5.16. The Balaban J connectivity index is 1.95. The van der Waals surface area contributed by atoms with Crippen molar-refractivity contribution in [1.29, 1.82) is 0 Å². The number of nitrogens with zero attached hydrogens (tertiary/aromatic N) is 1. The van der Waals surface area contributed by atoms with Gasteiger partial charge in [0.1, 0.15) is 0 Å². The molecule has 114 valence electrons. The van der Waals surface area contributed by atoms with Crippen molar-refractivity contribution in [2.75, 3.05) is 5.32 Å². The van der Waals surface area contributed by atoms with Crippen LogP contribution in [0.5, 0.6) is 0 Å². The lowest BCUT2D eigenvalue weighted by Gasteiger charge is -2.12. The second kappa shape index (κ2) is 7.09. The van der Waals surface area contributed by atoms with Crippen LogP contribution in [0.4, 0.5) is 11.4 Å². The van der Waals surface area contributed by atoms with Crippen LogP contribution in [0.25, 0.3) is 0 Å². The van der Waals surface area contributed by atoms with E-state index in [1.54, 1.807) is 0 Å². The summed E-state index contributed by atoms with van der Waals surface area (Å²) in [6.45, 7) is 3.84. The van der Waals surface area contributed by atoms with E-state index >= 15 is 0 Å². The molecule has 1 atom stereocenters. The van der Waals surface area contributed by atoms with Crippen molar-refractivity contribution in [3.8, 4) is 0 Å². The molecule has 0 radical (unpaired) electrons. The van der Waals surface area contributed by atoms with E-state index < -0.39 is 4.92 Å². The highest BCUT2D eigenvalue weighted by atomic mass is 32.2. The predicted molar refractivity (Wildman–Crippen MR) is 88.2 cm³/mol. The van der Waals surface area contributed by atoms with Gasteiger partial charge in [-0.25, -0.2) is 0 Å². The van der Waals surface area contributed by atoms with Gasteiger partial charge in [0.15, 0.2) is 0 Å². The fourth-order valence-electron chi connectivity index (χ4n) is 1.78. The van der Waals surface area contributed by atoms with Gasteiger partial charge in [-0.15, -0.1) is 11.8 Å². The summed E-state index contributed by atoms with van der Waals surface area (Å²) < 4.78 is 0. The monoisotopic (exact) mass is 316 g/mol. The summed E-state index contributed by atoms with van der Waals surface area (Å²) in [7, 11) is 0. The minimum atomic E-state index is -0.471. The number of anilines is 1. The molecule has 1 N–H and O–H groups in total. The van der Waals surface area contributed by atoms with Gasteiger partial charge in [-0.1, -0.05) is 17.7 Å². The van der Waals surface area contributed by atoms with Crippen molar-refractivity contribution in [3.63, 3.8) is 0 Å². The van der Waals surface area contributed by atoms with Crippen LogP contribution in [0, 0.1) is 17.0 Å². The molecule has 0 unspecified atom stereocenters. The van der Waals surface area contributed by atoms with Crippen molar-refractivity contribution >= 4 is 29.0 Å². The molecule has 0 aromatic heterocycles. The molecule has 0 heterocycles. The molecular weight excluding hydrogens is 300 g/mol. The zero-order valence-corrected chi connectivity index (χ0v) is 13.1. The van der Waals surface area contributed by atoms with Gasteiger partial charge < -0.3 is 5.32 Å². The standard InChI is InChI=1S/C16H16N2O3S/c1-11-3-9-15(10-4-11)22-12(2)16(19)17-13-5-7-14(8-6-13)18(20)21/h3-10,12H,1-2H3,(H,17,19)/t12-/m1/s1. The van der Waals surface area contributed by atoms with Crippen LogP contribution in [-0.2, 0) is 4.79 Å². The van der Waals surface area contributed by atoms with E-state index in [0.29, 0.717) is 5.69 Å². The van der Waals surface area contributed by atoms with Gasteiger partial charge in [0.2, 0.25) is 5.91 Å². The summed E-state index contributed by atoms with van der Waals surface area (Å²) in [6, 6.07) is 13.8.